The maximum Gasteiger partial charge on any atom is 0.148 e. The highest BCUT2D eigenvalue weighted by Crippen LogP contribution is 2.48. The molecule has 1 spiro atoms. The Balaban J connectivity index is 1.77. The minimum absolute atomic E-state index is 0.318. The summed E-state index contributed by atoms with van der Waals surface area (Å²) in [5.74, 6) is 0.745. The highest BCUT2D eigenvalue weighted by Gasteiger charge is 2.47. The zero-order valence-corrected chi connectivity index (χ0v) is 11.2. The number of aromatic amines is 1. The second-order valence-electron chi connectivity index (χ2n) is 5.75. The van der Waals surface area contributed by atoms with Crippen LogP contribution in [0.25, 0.3) is 0 Å². The first-order valence-corrected chi connectivity index (χ1v) is 7.10. The van der Waals surface area contributed by atoms with Crippen LogP contribution in [0.4, 0.5) is 5.69 Å². The molecule has 2 unspecified atom stereocenters. The van der Waals surface area contributed by atoms with Crippen LogP contribution >= 0.6 is 0 Å². The van der Waals surface area contributed by atoms with Crippen LogP contribution in [0.1, 0.15) is 36.3 Å². The number of aromatic nitrogens is 1. The molecule has 1 aromatic carbocycles. The van der Waals surface area contributed by atoms with Crippen molar-refractivity contribution in [2.24, 2.45) is 4.99 Å². The summed E-state index contributed by atoms with van der Waals surface area (Å²) in [6.07, 6.45) is 8.30. The summed E-state index contributed by atoms with van der Waals surface area (Å²) in [6.45, 7) is 0. The number of para-hydroxylation sites is 1. The van der Waals surface area contributed by atoms with Gasteiger partial charge in [-0.2, -0.15) is 0 Å². The number of carbonyl (C=O) groups excluding carboxylic acids is 1. The van der Waals surface area contributed by atoms with Crippen molar-refractivity contribution < 1.29 is 4.79 Å². The third kappa shape index (κ3) is 1.52. The number of hydrogen-bond acceptors (Lipinski definition) is 2. The molecule has 2 aliphatic rings. The average molecular weight is 264 g/mol. The van der Waals surface area contributed by atoms with Crippen molar-refractivity contribution in [1.29, 1.82) is 0 Å². The van der Waals surface area contributed by atoms with E-state index in [0.717, 1.165) is 24.1 Å². The first-order chi connectivity index (χ1) is 9.79. The van der Waals surface area contributed by atoms with Gasteiger partial charge in [0.2, 0.25) is 0 Å². The lowest BCUT2D eigenvalue weighted by molar-refractivity contribution is -0.124. The van der Waals surface area contributed by atoms with Crippen LogP contribution in [0.5, 0.6) is 0 Å². The third-order valence-corrected chi connectivity index (χ3v) is 4.69. The molecule has 1 aliphatic heterocycles. The van der Waals surface area contributed by atoms with E-state index in [0.29, 0.717) is 18.1 Å². The fourth-order valence-electron chi connectivity index (χ4n) is 3.61. The van der Waals surface area contributed by atoms with Gasteiger partial charge in [0.25, 0.3) is 0 Å². The molecule has 3 nitrogen and oxygen atoms in total. The first-order valence-electron chi connectivity index (χ1n) is 7.10. The zero-order valence-electron chi connectivity index (χ0n) is 11.2. The van der Waals surface area contributed by atoms with E-state index in [-0.39, 0.29) is 0 Å². The minimum Gasteiger partial charge on any atom is -0.367 e. The summed E-state index contributed by atoms with van der Waals surface area (Å²) >= 11 is 0. The van der Waals surface area contributed by atoms with Crippen LogP contribution in [0.3, 0.4) is 0 Å². The Bertz CT molecular complexity index is 687. The lowest BCUT2D eigenvalue weighted by atomic mass is 9.65. The third-order valence-electron chi connectivity index (χ3n) is 4.69. The molecule has 0 radical (unpaired) electrons. The zero-order chi connectivity index (χ0) is 13.6. The second-order valence-corrected chi connectivity index (χ2v) is 5.75. The molecule has 3 heteroatoms. The molecule has 2 atom stereocenters. The maximum absolute atomic E-state index is 12.6. The predicted octanol–water partition coefficient (Wildman–Crippen LogP) is 3.51. The van der Waals surface area contributed by atoms with Crippen LogP contribution in [-0.4, -0.2) is 17.0 Å². The summed E-state index contributed by atoms with van der Waals surface area (Å²) < 4.78 is 0. The summed E-state index contributed by atoms with van der Waals surface area (Å²) in [5, 5.41) is 0. The van der Waals surface area contributed by atoms with E-state index in [9.17, 15) is 4.79 Å². The molecule has 1 aliphatic carbocycles. The maximum atomic E-state index is 12.6. The highest BCUT2D eigenvalue weighted by atomic mass is 16.1. The summed E-state index contributed by atoms with van der Waals surface area (Å²) in [7, 11) is 0. The number of Topliss-reactive ketones (excluding diaryl/α,β-unsaturated/α-hetero) is 1. The summed E-state index contributed by atoms with van der Waals surface area (Å²) in [6, 6.07) is 10.1. The number of H-pyrrole nitrogens is 1. The van der Waals surface area contributed by atoms with Gasteiger partial charge in [-0.15, -0.1) is 0 Å². The van der Waals surface area contributed by atoms with E-state index in [1.165, 1.54) is 5.56 Å². The van der Waals surface area contributed by atoms with Gasteiger partial charge in [0.05, 0.1) is 11.1 Å². The van der Waals surface area contributed by atoms with Crippen LogP contribution in [0.15, 0.2) is 47.7 Å². The largest absolute Gasteiger partial charge is 0.367 e. The van der Waals surface area contributed by atoms with Crippen molar-refractivity contribution >= 4 is 17.7 Å². The number of carbonyl (C=O) groups is 1. The number of ketones is 1. The molecule has 1 N–H and O–H groups in total. The lowest BCUT2D eigenvalue weighted by Gasteiger charge is -2.35. The molecule has 2 heterocycles. The van der Waals surface area contributed by atoms with Crippen molar-refractivity contribution in [1.82, 2.24) is 4.98 Å². The SMILES string of the molecule is O=C1CCC(c2cc[nH]c2)CC12C=Nc1ccccc12. The Morgan fingerprint density at radius 2 is 2.15 bits per heavy atom. The Morgan fingerprint density at radius 3 is 3.00 bits per heavy atom. The number of benzene rings is 1. The van der Waals surface area contributed by atoms with E-state index < -0.39 is 5.41 Å². The predicted molar refractivity (Wildman–Crippen MR) is 78.7 cm³/mol. The van der Waals surface area contributed by atoms with Gasteiger partial charge >= 0.3 is 0 Å². The Kier molecular flexibility index (Phi) is 2.43. The van der Waals surface area contributed by atoms with Crippen molar-refractivity contribution in [3.8, 4) is 0 Å². The number of aliphatic imine (C=N–C) groups is 1. The van der Waals surface area contributed by atoms with E-state index in [1.54, 1.807) is 0 Å². The number of fused-ring (bicyclic) bond motifs is 2. The molecular weight excluding hydrogens is 248 g/mol. The van der Waals surface area contributed by atoms with E-state index in [4.69, 9.17) is 0 Å². The fraction of sp³-hybridized carbons (Fsp3) is 0.294. The number of nitrogens with one attached hydrogen (secondary N) is 1. The van der Waals surface area contributed by atoms with Crippen LogP contribution in [0.2, 0.25) is 0 Å². The molecule has 0 bridgehead atoms. The van der Waals surface area contributed by atoms with E-state index in [1.807, 2.05) is 36.8 Å². The van der Waals surface area contributed by atoms with Gasteiger partial charge in [-0.1, -0.05) is 18.2 Å². The number of nitrogens with zero attached hydrogens (tertiary/aromatic N) is 1. The standard InChI is InChI=1S/C17H16N2O/c20-16-6-5-12(13-7-8-18-10-13)9-17(16)11-19-15-4-2-1-3-14(15)17/h1-4,7-8,10-12,18H,5-6,9H2. The molecule has 0 amide bonds. The van der Waals surface area contributed by atoms with Gasteiger partial charge in [-0.25, -0.2) is 0 Å². The summed E-state index contributed by atoms with van der Waals surface area (Å²) in [4.78, 5) is 20.2. The summed E-state index contributed by atoms with van der Waals surface area (Å²) in [5.41, 5.74) is 2.85. The van der Waals surface area contributed by atoms with Gasteiger partial charge in [0, 0.05) is 25.0 Å². The van der Waals surface area contributed by atoms with Crippen LogP contribution in [-0.2, 0) is 10.2 Å². The van der Waals surface area contributed by atoms with Gasteiger partial charge in [-0.05, 0) is 42.0 Å². The molecule has 1 aromatic heterocycles. The molecule has 1 fully saturated rings. The minimum atomic E-state index is -0.489. The molecule has 4 rings (SSSR count). The van der Waals surface area contributed by atoms with Crippen molar-refractivity contribution in [3.63, 3.8) is 0 Å². The quantitative estimate of drug-likeness (QED) is 0.841. The molecule has 20 heavy (non-hydrogen) atoms. The second kappa shape index (κ2) is 4.17. The van der Waals surface area contributed by atoms with Gasteiger partial charge in [0.1, 0.15) is 5.78 Å². The molecular formula is C17H16N2O. The van der Waals surface area contributed by atoms with Gasteiger partial charge in [0.15, 0.2) is 0 Å². The monoisotopic (exact) mass is 264 g/mol. The fourth-order valence-corrected chi connectivity index (χ4v) is 3.61. The van der Waals surface area contributed by atoms with Gasteiger partial charge < -0.3 is 4.98 Å². The number of hydrogen-bond donors (Lipinski definition) is 1. The van der Waals surface area contributed by atoms with Gasteiger partial charge in [-0.3, -0.25) is 9.79 Å². The smallest absolute Gasteiger partial charge is 0.148 e. The van der Waals surface area contributed by atoms with Crippen LogP contribution in [0, 0.1) is 0 Å². The molecule has 1 saturated carbocycles. The lowest BCUT2D eigenvalue weighted by Crippen LogP contribution is -2.40. The normalized spacial score (nSPS) is 28.0. The Hall–Kier alpha value is -2.16. The van der Waals surface area contributed by atoms with Crippen molar-refractivity contribution in [3.05, 3.63) is 53.9 Å². The number of rotatable bonds is 1. The Morgan fingerprint density at radius 1 is 1.25 bits per heavy atom. The molecule has 2 aromatic rings. The molecule has 0 saturated heterocycles. The Labute approximate surface area is 117 Å². The van der Waals surface area contributed by atoms with Crippen LogP contribution < -0.4 is 0 Å². The topological polar surface area (TPSA) is 45.2 Å². The van der Waals surface area contributed by atoms with Crippen molar-refractivity contribution in [2.45, 2.75) is 30.6 Å². The van der Waals surface area contributed by atoms with Crippen molar-refractivity contribution in [2.75, 3.05) is 0 Å². The molecule has 100 valence electrons. The van der Waals surface area contributed by atoms with E-state index in [2.05, 4.69) is 22.1 Å². The van der Waals surface area contributed by atoms with E-state index >= 15 is 0 Å². The first kappa shape index (κ1) is 11.6. The highest BCUT2D eigenvalue weighted by molar-refractivity contribution is 6.10. The average Bonchev–Trinajstić information content (AvgIpc) is 3.12.